The van der Waals surface area contributed by atoms with Gasteiger partial charge in [-0.05, 0) is 83.5 Å². The number of likely N-dealkylation sites (N-methyl/N-ethyl adjacent to an activating group) is 1. The Labute approximate surface area is 495 Å². The SMILES string of the molecule is CC/C=C\C/C=C\C/C=C\C/C=C\C/C=C\CCCCCCCCCCCCCCCCCCCCCCCC(=O)OC(COC(=O)CCCCCCCCCCC/C=C\CCCCCCCC)COP(=O)([O-])OCC[N+](C)(C)C. The minimum Gasteiger partial charge on any atom is -0.756 e. The Morgan fingerprint density at radius 1 is 0.400 bits per heavy atom. The fraction of sp³-hybridized carbons (Fsp3) is 0.800. The number of carbonyl (C=O) groups is 2. The van der Waals surface area contributed by atoms with Crippen molar-refractivity contribution in [2.75, 3.05) is 47.5 Å². The maximum Gasteiger partial charge on any atom is 0.306 e. The Hall–Kier alpha value is -2.55. The molecule has 0 aromatic rings. The molecular weight excluding hydrogens is 1010 g/mol. The van der Waals surface area contributed by atoms with Crippen LogP contribution in [-0.2, 0) is 32.7 Å². The lowest BCUT2D eigenvalue weighted by Gasteiger charge is -2.28. The van der Waals surface area contributed by atoms with E-state index in [4.69, 9.17) is 18.5 Å². The number of hydrogen-bond acceptors (Lipinski definition) is 8. The van der Waals surface area contributed by atoms with Gasteiger partial charge in [0.15, 0.2) is 6.10 Å². The lowest BCUT2D eigenvalue weighted by molar-refractivity contribution is -0.870. The summed E-state index contributed by atoms with van der Waals surface area (Å²) in [6.45, 7) is 4.16. The third kappa shape index (κ3) is 64.6. The largest absolute Gasteiger partial charge is 0.756 e. The number of unbranched alkanes of at least 4 members (excludes halogenated alkanes) is 36. The predicted octanol–water partition coefficient (Wildman–Crippen LogP) is 21.0. The molecule has 0 saturated heterocycles. The number of carbonyl (C=O) groups excluding carboxylic acids is 2. The van der Waals surface area contributed by atoms with Crippen LogP contribution in [0.3, 0.4) is 0 Å². The minimum absolute atomic E-state index is 0.0305. The third-order valence-corrected chi connectivity index (χ3v) is 15.7. The van der Waals surface area contributed by atoms with Gasteiger partial charge in [-0.15, -0.1) is 0 Å². The summed E-state index contributed by atoms with van der Waals surface area (Å²) >= 11 is 0. The molecule has 10 heteroatoms. The monoisotopic (exact) mass is 1140 g/mol. The van der Waals surface area contributed by atoms with Crippen LogP contribution in [0.25, 0.3) is 0 Å². The molecule has 0 aliphatic carbocycles. The Bertz CT molecular complexity index is 1580. The maximum absolute atomic E-state index is 12.8. The summed E-state index contributed by atoms with van der Waals surface area (Å²) in [5.41, 5.74) is 0. The van der Waals surface area contributed by atoms with Gasteiger partial charge < -0.3 is 27.9 Å². The number of phosphoric acid groups is 1. The van der Waals surface area contributed by atoms with Crippen LogP contribution in [0.1, 0.15) is 309 Å². The summed E-state index contributed by atoms with van der Waals surface area (Å²) < 4.78 is 34.3. The van der Waals surface area contributed by atoms with Crippen molar-refractivity contribution < 1.29 is 42.1 Å². The van der Waals surface area contributed by atoms with Crippen molar-refractivity contribution in [2.45, 2.75) is 315 Å². The number of esters is 2. The number of nitrogens with zero attached hydrogens (tertiary/aromatic N) is 1. The highest BCUT2D eigenvalue weighted by molar-refractivity contribution is 7.45. The van der Waals surface area contributed by atoms with E-state index in [1.165, 1.54) is 205 Å². The van der Waals surface area contributed by atoms with Gasteiger partial charge in [-0.3, -0.25) is 14.2 Å². The molecular formula is C70H128NO8P. The van der Waals surface area contributed by atoms with Crippen LogP contribution in [-0.4, -0.2) is 70.0 Å². The Kier molecular flexibility index (Phi) is 59.1. The maximum atomic E-state index is 12.8. The molecule has 0 radical (unpaired) electrons. The van der Waals surface area contributed by atoms with Crippen molar-refractivity contribution in [1.29, 1.82) is 0 Å². The standard InChI is InChI=1S/C70H128NO8P/c1-6-8-10-12-14-16-18-20-22-24-26-27-28-29-30-31-32-33-34-35-36-37-38-39-40-41-42-43-45-47-49-51-53-55-57-59-61-63-70(73)79-68(67-78-80(74,75)77-65-64-71(3,4)5)66-76-69(72)62-60-58-56-54-52-50-48-46-44-25-23-21-19-17-15-13-11-9-7-2/h8,10,14,16,20-23,26-27,29-30,68H,6-7,9,11-13,15,17-19,24-25,28,31-67H2,1-5H3/b10-8-,16-14-,22-20-,23-21-,27-26-,30-29-. The van der Waals surface area contributed by atoms with Crippen LogP contribution in [0.5, 0.6) is 0 Å². The minimum atomic E-state index is -4.64. The molecule has 80 heavy (non-hydrogen) atoms. The Morgan fingerprint density at radius 2 is 0.713 bits per heavy atom. The van der Waals surface area contributed by atoms with E-state index in [2.05, 4.69) is 86.8 Å². The van der Waals surface area contributed by atoms with Gasteiger partial charge in [-0.25, -0.2) is 0 Å². The quantitative estimate of drug-likeness (QED) is 0.0195. The summed E-state index contributed by atoms with van der Waals surface area (Å²) in [6.07, 6.45) is 81.2. The molecule has 0 aliphatic rings. The molecule has 0 bridgehead atoms. The van der Waals surface area contributed by atoms with Crippen molar-refractivity contribution in [3.63, 3.8) is 0 Å². The van der Waals surface area contributed by atoms with Crippen LogP contribution in [0.4, 0.5) is 0 Å². The van der Waals surface area contributed by atoms with Gasteiger partial charge >= 0.3 is 11.9 Å². The first-order valence-electron chi connectivity index (χ1n) is 33.6. The number of quaternary nitrogens is 1. The highest BCUT2D eigenvalue weighted by Crippen LogP contribution is 2.38. The molecule has 2 atom stereocenters. The molecule has 0 spiro atoms. The second-order valence-corrected chi connectivity index (χ2v) is 25.2. The fourth-order valence-electron chi connectivity index (χ4n) is 9.56. The molecule has 0 saturated carbocycles. The molecule has 2 unspecified atom stereocenters. The zero-order valence-corrected chi connectivity index (χ0v) is 53.9. The Balaban J connectivity index is 3.97. The van der Waals surface area contributed by atoms with E-state index < -0.39 is 26.5 Å². The second kappa shape index (κ2) is 61.0. The molecule has 0 rings (SSSR count). The van der Waals surface area contributed by atoms with E-state index in [9.17, 15) is 19.0 Å². The Morgan fingerprint density at radius 3 is 1.07 bits per heavy atom. The third-order valence-electron chi connectivity index (χ3n) is 14.7. The van der Waals surface area contributed by atoms with Crippen LogP contribution >= 0.6 is 7.82 Å². The first kappa shape index (κ1) is 77.5. The van der Waals surface area contributed by atoms with Crippen LogP contribution < -0.4 is 4.89 Å². The van der Waals surface area contributed by atoms with Gasteiger partial charge in [0.25, 0.3) is 7.82 Å². The number of ether oxygens (including phenoxy) is 2. The van der Waals surface area contributed by atoms with E-state index in [0.717, 1.165) is 70.6 Å². The second-order valence-electron chi connectivity index (χ2n) is 23.8. The zero-order chi connectivity index (χ0) is 58.4. The lowest BCUT2D eigenvalue weighted by atomic mass is 10.0. The van der Waals surface area contributed by atoms with Crippen molar-refractivity contribution in [3.05, 3.63) is 72.9 Å². The molecule has 466 valence electrons. The van der Waals surface area contributed by atoms with Gasteiger partial charge in [0, 0.05) is 12.8 Å². The van der Waals surface area contributed by atoms with Gasteiger partial charge in [-0.2, -0.15) is 0 Å². The molecule has 9 nitrogen and oxygen atoms in total. The van der Waals surface area contributed by atoms with E-state index in [1.807, 2.05) is 21.1 Å². The highest BCUT2D eigenvalue weighted by Gasteiger charge is 2.22. The molecule has 0 N–H and O–H groups in total. The number of hydrogen-bond donors (Lipinski definition) is 0. The van der Waals surface area contributed by atoms with Crippen molar-refractivity contribution in [3.8, 4) is 0 Å². The van der Waals surface area contributed by atoms with Crippen molar-refractivity contribution >= 4 is 19.8 Å². The fourth-order valence-corrected chi connectivity index (χ4v) is 10.3. The molecule has 0 aromatic carbocycles. The summed E-state index contributed by atoms with van der Waals surface area (Å²) in [5.74, 6) is -0.822. The molecule has 0 aromatic heterocycles. The van der Waals surface area contributed by atoms with Gasteiger partial charge in [0.05, 0.1) is 27.7 Å². The number of allylic oxidation sites excluding steroid dienone is 12. The van der Waals surface area contributed by atoms with E-state index in [0.29, 0.717) is 17.4 Å². The molecule has 0 heterocycles. The highest BCUT2D eigenvalue weighted by atomic mass is 31.2. The van der Waals surface area contributed by atoms with Crippen LogP contribution in [0.2, 0.25) is 0 Å². The predicted molar refractivity (Wildman–Crippen MR) is 342 cm³/mol. The van der Waals surface area contributed by atoms with E-state index in [-0.39, 0.29) is 32.0 Å². The topological polar surface area (TPSA) is 111 Å². The molecule has 0 amide bonds. The summed E-state index contributed by atoms with van der Waals surface area (Å²) in [5, 5.41) is 0. The molecule has 0 aliphatic heterocycles. The summed E-state index contributed by atoms with van der Waals surface area (Å²) in [4.78, 5) is 38.0. The van der Waals surface area contributed by atoms with Crippen LogP contribution in [0.15, 0.2) is 72.9 Å². The van der Waals surface area contributed by atoms with Crippen molar-refractivity contribution in [1.82, 2.24) is 0 Å². The smallest absolute Gasteiger partial charge is 0.306 e. The normalized spacial score (nSPS) is 13.6. The lowest BCUT2D eigenvalue weighted by Crippen LogP contribution is -2.37. The first-order chi connectivity index (χ1) is 39.0. The van der Waals surface area contributed by atoms with E-state index >= 15 is 0 Å². The van der Waals surface area contributed by atoms with E-state index in [1.54, 1.807) is 0 Å². The number of phosphoric ester groups is 1. The summed E-state index contributed by atoms with van der Waals surface area (Å²) in [6, 6.07) is 0. The average molecular weight is 1140 g/mol. The van der Waals surface area contributed by atoms with Crippen LogP contribution in [0, 0.1) is 0 Å². The zero-order valence-electron chi connectivity index (χ0n) is 53.0. The summed E-state index contributed by atoms with van der Waals surface area (Å²) in [7, 11) is 1.18. The number of rotatable bonds is 62. The van der Waals surface area contributed by atoms with Gasteiger partial charge in [0.1, 0.15) is 19.8 Å². The van der Waals surface area contributed by atoms with Crippen molar-refractivity contribution in [2.24, 2.45) is 0 Å². The molecule has 0 fully saturated rings. The van der Waals surface area contributed by atoms with Gasteiger partial charge in [0.2, 0.25) is 0 Å². The van der Waals surface area contributed by atoms with Gasteiger partial charge in [-0.1, -0.05) is 286 Å². The average Bonchev–Trinajstić information content (AvgIpc) is 3.42. The first-order valence-corrected chi connectivity index (χ1v) is 35.1.